The molecule has 0 bridgehead atoms. The zero-order valence-corrected chi connectivity index (χ0v) is 19.2. The van der Waals surface area contributed by atoms with Gasteiger partial charge in [0, 0.05) is 5.92 Å². The Morgan fingerprint density at radius 2 is 1.57 bits per heavy atom. The van der Waals surface area contributed by atoms with Gasteiger partial charge in [-0.2, -0.15) is 0 Å². The first kappa shape index (κ1) is 23.9. The fourth-order valence-corrected chi connectivity index (χ4v) is 4.32. The van der Waals surface area contributed by atoms with Crippen LogP contribution in [-0.2, 0) is 9.53 Å². The van der Waals surface area contributed by atoms with Crippen LogP contribution in [0.25, 0.3) is 11.1 Å². The van der Waals surface area contributed by atoms with Crippen molar-refractivity contribution in [2.45, 2.75) is 25.8 Å². The summed E-state index contributed by atoms with van der Waals surface area (Å²) in [7, 11) is 0. The molecule has 3 aromatic rings. The standard InChI is InChI=1S/C27H25FN2O5/c1-15(2)24(25(31)29-23-13-16(28)11-12-21(23)26(32)33)30-27(34)35-14-22-19-9-5-3-7-17(19)18-8-4-6-10-20(18)22/h3-13,15,22,24H,14H2,1-2H3,(H,29,31)(H,30,34)(H,32,33). The van der Waals surface area contributed by atoms with Crippen molar-refractivity contribution in [1.29, 1.82) is 0 Å². The van der Waals surface area contributed by atoms with Crippen molar-refractivity contribution in [1.82, 2.24) is 5.32 Å². The Balaban J connectivity index is 1.45. The van der Waals surface area contributed by atoms with Gasteiger partial charge in [-0.1, -0.05) is 62.4 Å². The molecule has 0 aliphatic heterocycles. The number of anilines is 1. The molecule has 0 spiro atoms. The van der Waals surface area contributed by atoms with Gasteiger partial charge in [-0.25, -0.2) is 14.0 Å². The van der Waals surface area contributed by atoms with E-state index in [2.05, 4.69) is 10.6 Å². The molecular weight excluding hydrogens is 451 g/mol. The van der Waals surface area contributed by atoms with E-state index in [4.69, 9.17) is 4.74 Å². The molecule has 0 radical (unpaired) electrons. The van der Waals surface area contributed by atoms with Gasteiger partial charge in [0.05, 0.1) is 11.3 Å². The molecule has 3 aromatic carbocycles. The lowest BCUT2D eigenvalue weighted by Gasteiger charge is -2.22. The zero-order chi connectivity index (χ0) is 25.1. The van der Waals surface area contributed by atoms with E-state index >= 15 is 0 Å². The predicted octanol–water partition coefficient (Wildman–Crippen LogP) is 5.03. The normalized spacial score (nSPS) is 13.0. The molecule has 1 unspecified atom stereocenters. The van der Waals surface area contributed by atoms with Crippen LogP contribution >= 0.6 is 0 Å². The van der Waals surface area contributed by atoms with Crippen LogP contribution in [0, 0.1) is 11.7 Å². The lowest BCUT2D eigenvalue weighted by molar-refractivity contribution is -0.119. The Morgan fingerprint density at radius 3 is 2.14 bits per heavy atom. The number of ether oxygens (including phenoxy) is 1. The second-order valence-corrected chi connectivity index (χ2v) is 8.68. The molecule has 1 atom stereocenters. The van der Waals surface area contributed by atoms with Crippen molar-refractivity contribution in [2.24, 2.45) is 5.92 Å². The second-order valence-electron chi connectivity index (χ2n) is 8.68. The molecule has 2 amide bonds. The number of rotatable bonds is 7. The Bertz CT molecular complexity index is 1240. The lowest BCUT2D eigenvalue weighted by atomic mass is 9.98. The zero-order valence-electron chi connectivity index (χ0n) is 19.2. The van der Waals surface area contributed by atoms with E-state index in [1.54, 1.807) is 13.8 Å². The van der Waals surface area contributed by atoms with Crippen LogP contribution in [0.1, 0.15) is 41.3 Å². The van der Waals surface area contributed by atoms with Crippen molar-refractivity contribution >= 4 is 23.7 Å². The lowest BCUT2D eigenvalue weighted by Crippen LogP contribution is -2.47. The quantitative estimate of drug-likeness (QED) is 0.444. The number of hydrogen-bond acceptors (Lipinski definition) is 4. The molecule has 0 aromatic heterocycles. The fourth-order valence-electron chi connectivity index (χ4n) is 4.32. The van der Waals surface area contributed by atoms with Gasteiger partial charge in [0.2, 0.25) is 5.91 Å². The highest BCUT2D eigenvalue weighted by Crippen LogP contribution is 2.44. The Morgan fingerprint density at radius 1 is 0.971 bits per heavy atom. The number of aromatic carboxylic acids is 1. The second kappa shape index (κ2) is 9.97. The molecule has 180 valence electrons. The summed E-state index contributed by atoms with van der Waals surface area (Å²) in [5.41, 5.74) is 3.87. The number of nitrogens with one attached hydrogen (secondary N) is 2. The average molecular weight is 477 g/mol. The minimum atomic E-state index is -1.31. The monoisotopic (exact) mass is 476 g/mol. The summed E-state index contributed by atoms with van der Waals surface area (Å²) in [6, 6.07) is 17.8. The topological polar surface area (TPSA) is 105 Å². The minimum Gasteiger partial charge on any atom is -0.478 e. The van der Waals surface area contributed by atoms with Crippen LogP contribution in [0.5, 0.6) is 0 Å². The number of carbonyl (C=O) groups is 3. The maximum Gasteiger partial charge on any atom is 0.407 e. The van der Waals surface area contributed by atoms with Gasteiger partial charge in [0.1, 0.15) is 18.5 Å². The summed E-state index contributed by atoms with van der Waals surface area (Å²) in [4.78, 5) is 36.9. The molecule has 7 nitrogen and oxygen atoms in total. The van der Waals surface area contributed by atoms with Gasteiger partial charge >= 0.3 is 12.1 Å². The predicted molar refractivity (Wildman–Crippen MR) is 129 cm³/mol. The van der Waals surface area contributed by atoms with Crippen LogP contribution in [0.4, 0.5) is 14.9 Å². The molecule has 0 saturated carbocycles. The smallest absolute Gasteiger partial charge is 0.407 e. The molecular formula is C27H25FN2O5. The highest BCUT2D eigenvalue weighted by Gasteiger charge is 2.30. The van der Waals surface area contributed by atoms with E-state index < -0.39 is 29.8 Å². The number of halogens is 1. The van der Waals surface area contributed by atoms with Crippen molar-refractivity contribution in [3.05, 3.63) is 89.2 Å². The minimum absolute atomic E-state index is 0.0827. The fraction of sp³-hybridized carbons (Fsp3) is 0.222. The molecule has 0 heterocycles. The summed E-state index contributed by atoms with van der Waals surface area (Å²) >= 11 is 0. The van der Waals surface area contributed by atoms with Crippen LogP contribution in [0.2, 0.25) is 0 Å². The van der Waals surface area contributed by atoms with Crippen LogP contribution in [0.3, 0.4) is 0 Å². The first-order valence-corrected chi connectivity index (χ1v) is 11.2. The molecule has 3 N–H and O–H groups in total. The van der Waals surface area contributed by atoms with Gasteiger partial charge in [-0.15, -0.1) is 0 Å². The number of carboxylic acids is 1. The Labute approximate surface area is 201 Å². The van der Waals surface area contributed by atoms with Crippen LogP contribution in [0.15, 0.2) is 66.7 Å². The van der Waals surface area contributed by atoms with E-state index in [0.717, 1.165) is 40.5 Å². The summed E-state index contributed by atoms with van der Waals surface area (Å²) in [6.45, 7) is 3.52. The van der Waals surface area contributed by atoms with Crippen molar-refractivity contribution in [2.75, 3.05) is 11.9 Å². The molecule has 0 saturated heterocycles. The number of carboxylic acid groups (broad SMARTS) is 1. The maximum absolute atomic E-state index is 13.7. The number of carbonyl (C=O) groups excluding carboxylic acids is 2. The largest absolute Gasteiger partial charge is 0.478 e. The summed E-state index contributed by atoms with van der Waals surface area (Å²) in [6.07, 6.45) is -0.779. The number of amides is 2. The number of alkyl carbamates (subject to hydrolysis) is 1. The SMILES string of the molecule is CC(C)C(NC(=O)OCC1c2ccccc2-c2ccccc21)C(=O)Nc1cc(F)ccc1C(=O)O. The third-order valence-corrected chi connectivity index (χ3v) is 6.04. The highest BCUT2D eigenvalue weighted by molar-refractivity contribution is 6.03. The first-order chi connectivity index (χ1) is 16.8. The summed E-state index contributed by atoms with van der Waals surface area (Å²) in [5.74, 6) is -3.18. The van der Waals surface area contributed by atoms with Crippen molar-refractivity contribution in [3.63, 3.8) is 0 Å². The van der Waals surface area contributed by atoms with Gasteiger partial charge in [0.15, 0.2) is 0 Å². The molecule has 8 heteroatoms. The first-order valence-electron chi connectivity index (χ1n) is 11.2. The van der Waals surface area contributed by atoms with Gasteiger partial charge in [-0.3, -0.25) is 4.79 Å². The number of benzene rings is 3. The van der Waals surface area contributed by atoms with Crippen LogP contribution < -0.4 is 10.6 Å². The van der Waals surface area contributed by atoms with E-state index in [-0.39, 0.29) is 29.7 Å². The summed E-state index contributed by atoms with van der Waals surface area (Å²) < 4.78 is 19.2. The van der Waals surface area contributed by atoms with Crippen molar-refractivity contribution in [3.8, 4) is 11.1 Å². The van der Waals surface area contributed by atoms with E-state index in [1.165, 1.54) is 0 Å². The Hall–Kier alpha value is -4.20. The van der Waals surface area contributed by atoms with Gasteiger partial charge in [-0.05, 0) is 46.4 Å². The van der Waals surface area contributed by atoms with E-state index in [9.17, 15) is 23.9 Å². The summed E-state index contributed by atoms with van der Waals surface area (Å²) in [5, 5.41) is 14.3. The van der Waals surface area contributed by atoms with E-state index in [0.29, 0.717) is 0 Å². The Kier molecular flexibility index (Phi) is 6.82. The van der Waals surface area contributed by atoms with E-state index in [1.807, 2.05) is 48.5 Å². The molecule has 1 aliphatic rings. The average Bonchev–Trinajstić information content (AvgIpc) is 3.14. The molecule has 4 rings (SSSR count). The van der Waals surface area contributed by atoms with Crippen molar-refractivity contribution < 1.29 is 28.6 Å². The molecule has 1 aliphatic carbocycles. The van der Waals surface area contributed by atoms with Gasteiger partial charge < -0.3 is 20.5 Å². The molecule has 0 fully saturated rings. The molecule has 35 heavy (non-hydrogen) atoms. The third kappa shape index (κ3) is 5.01. The number of hydrogen-bond donors (Lipinski definition) is 3. The maximum atomic E-state index is 13.7. The third-order valence-electron chi connectivity index (χ3n) is 6.04. The highest BCUT2D eigenvalue weighted by atomic mass is 19.1. The van der Waals surface area contributed by atoms with Crippen LogP contribution in [-0.4, -0.2) is 35.7 Å². The number of fused-ring (bicyclic) bond motifs is 3. The van der Waals surface area contributed by atoms with Gasteiger partial charge in [0.25, 0.3) is 0 Å².